The number of rotatable bonds is 0. The van der Waals surface area contributed by atoms with Gasteiger partial charge in [-0.05, 0) is 19.1 Å². The second-order valence-corrected chi connectivity index (χ2v) is 2.29. The molecule has 0 N–H and O–H groups in total. The molecule has 0 fully saturated rings. The molecule has 1 unspecified atom stereocenters. The van der Waals surface area contributed by atoms with Gasteiger partial charge in [0.25, 0.3) is 0 Å². The smallest absolute Gasteiger partial charge is 0.191 e. The lowest BCUT2D eigenvalue weighted by Gasteiger charge is -2.22. The lowest BCUT2D eigenvalue weighted by molar-refractivity contribution is 0.0925. The highest BCUT2D eigenvalue weighted by Gasteiger charge is 2.23. The summed E-state index contributed by atoms with van der Waals surface area (Å²) in [7, 11) is 0. The summed E-state index contributed by atoms with van der Waals surface area (Å²) in [6.45, 7) is 2.05. The van der Waals surface area contributed by atoms with Crippen LogP contribution in [0.15, 0.2) is 29.0 Å². The van der Waals surface area contributed by atoms with Gasteiger partial charge in [-0.15, -0.1) is 0 Å². The molecular weight excluding hydrogens is 114 g/mol. The average Bonchev–Trinajstić information content (AvgIpc) is 1.78. The molecule has 1 aliphatic heterocycles. The van der Waals surface area contributed by atoms with Crippen molar-refractivity contribution in [2.75, 3.05) is 0 Å². The summed E-state index contributed by atoms with van der Waals surface area (Å²) in [6.07, 6.45) is 6.25. The lowest BCUT2D eigenvalue weighted by Crippen LogP contribution is -2.29. The van der Waals surface area contributed by atoms with Crippen molar-refractivity contribution in [1.82, 2.24) is 0 Å². The van der Waals surface area contributed by atoms with Crippen molar-refractivity contribution in [3.63, 3.8) is 0 Å². The van der Waals surface area contributed by atoms with Gasteiger partial charge in [0.15, 0.2) is 6.10 Å². The van der Waals surface area contributed by atoms with Crippen LogP contribution in [-0.4, -0.2) is 11.8 Å². The predicted octanol–water partition coefficient (Wildman–Crippen LogP) is 1.26. The first-order valence-corrected chi connectivity index (χ1v) is 2.96. The van der Waals surface area contributed by atoms with Crippen LogP contribution in [0.4, 0.5) is 0 Å². The van der Waals surface area contributed by atoms with Crippen LogP contribution in [0.1, 0.15) is 6.92 Å². The average molecular weight is 121 g/mol. The molecule has 1 atom stereocenters. The van der Waals surface area contributed by atoms with Gasteiger partial charge in [0.2, 0.25) is 0 Å². The topological polar surface area (TPSA) is 21.6 Å². The van der Waals surface area contributed by atoms with Crippen LogP contribution in [-0.2, 0) is 4.84 Å². The minimum atomic E-state index is 0.162. The Balaban J connectivity index is 2.34. The molecule has 0 aromatic carbocycles. The van der Waals surface area contributed by atoms with Crippen LogP contribution in [0.3, 0.4) is 0 Å². The Hall–Kier alpha value is -1.05. The van der Waals surface area contributed by atoms with Crippen molar-refractivity contribution < 1.29 is 4.84 Å². The maximum atomic E-state index is 4.87. The van der Waals surface area contributed by atoms with Crippen molar-refractivity contribution in [3.05, 3.63) is 23.8 Å². The zero-order valence-corrected chi connectivity index (χ0v) is 5.16. The summed E-state index contributed by atoms with van der Waals surface area (Å²) in [4.78, 5) is 4.87. The molecule has 46 valence electrons. The molecule has 2 nitrogen and oxygen atoms in total. The molecule has 0 bridgehead atoms. The highest BCUT2D eigenvalue weighted by Crippen LogP contribution is 2.18. The summed E-state index contributed by atoms with van der Waals surface area (Å²) in [5, 5.41) is 3.71. The Morgan fingerprint density at radius 3 is 2.89 bits per heavy atom. The van der Waals surface area contributed by atoms with Gasteiger partial charge in [-0.3, -0.25) is 0 Å². The summed E-state index contributed by atoms with van der Waals surface area (Å²) in [5.41, 5.74) is 2.29. The minimum Gasteiger partial charge on any atom is -0.381 e. The predicted molar refractivity (Wildman–Crippen MR) is 35.2 cm³/mol. The highest BCUT2D eigenvalue weighted by atomic mass is 16.7. The maximum Gasteiger partial charge on any atom is 0.191 e. The van der Waals surface area contributed by atoms with Crippen LogP contribution in [0.2, 0.25) is 0 Å². The van der Waals surface area contributed by atoms with Gasteiger partial charge in [-0.1, -0.05) is 16.8 Å². The normalized spacial score (nSPS) is 29.2. The first-order valence-electron chi connectivity index (χ1n) is 2.96. The number of allylic oxidation sites excluding steroid dienone is 2. The third-order valence-corrected chi connectivity index (χ3v) is 1.49. The Kier molecular flexibility index (Phi) is 0.781. The van der Waals surface area contributed by atoms with E-state index in [9.17, 15) is 0 Å². The fourth-order valence-corrected chi connectivity index (χ4v) is 0.927. The zero-order chi connectivity index (χ0) is 6.27. The van der Waals surface area contributed by atoms with Crippen molar-refractivity contribution in [1.29, 1.82) is 0 Å². The van der Waals surface area contributed by atoms with E-state index in [2.05, 4.69) is 18.2 Å². The Bertz CT molecular complexity index is 225. The fourth-order valence-electron chi connectivity index (χ4n) is 0.927. The number of hydrogen-bond donors (Lipinski definition) is 0. The third-order valence-electron chi connectivity index (χ3n) is 1.49. The standard InChI is InChI=1S/C7H7NO/c1-5-2-3-6-7(4-5)9-8-6/h2-4,7H,1H3. The molecule has 0 amide bonds. The molecule has 2 heteroatoms. The monoisotopic (exact) mass is 121 g/mol. The van der Waals surface area contributed by atoms with E-state index >= 15 is 0 Å². The van der Waals surface area contributed by atoms with Gasteiger partial charge < -0.3 is 4.84 Å². The van der Waals surface area contributed by atoms with Crippen LogP contribution < -0.4 is 0 Å². The van der Waals surface area contributed by atoms with Crippen molar-refractivity contribution in [2.45, 2.75) is 13.0 Å². The first-order chi connectivity index (χ1) is 4.36. The molecule has 2 rings (SSSR count). The Labute approximate surface area is 53.5 Å². The SMILES string of the molecule is CC1=CC2ON=C2C=C1. The van der Waals surface area contributed by atoms with E-state index in [1.54, 1.807) is 0 Å². The van der Waals surface area contributed by atoms with E-state index < -0.39 is 0 Å². The summed E-state index contributed by atoms with van der Waals surface area (Å²) in [5.74, 6) is 0. The van der Waals surface area contributed by atoms with E-state index in [1.807, 2.05) is 12.2 Å². The van der Waals surface area contributed by atoms with E-state index in [1.165, 1.54) is 5.57 Å². The van der Waals surface area contributed by atoms with Crippen molar-refractivity contribution in [3.8, 4) is 0 Å². The van der Waals surface area contributed by atoms with Crippen molar-refractivity contribution >= 4 is 5.71 Å². The quantitative estimate of drug-likeness (QED) is 0.472. The molecule has 1 heterocycles. The molecule has 1 aliphatic carbocycles. The van der Waals surface area contributed by atoms with Gasteiger partial charge in [0, 0.05) is 0 Å². The Morgan fingerprint density at radius 2 is 2.44 bits per heavy atom. The molecule has 0 aromatic rings. The molecule has 2 aliphatic rings. The van der Waals surface area contributed by atoms with Gasteiger partial charge >= 0.3 is 0 Å². The molecule has 9 heavy (non-hydrogen) atoms. The molecule has 0 saturated carbocycles. The molecule has 0 saturated heterocycles. The number of hydrogen-bond acceptors (Lipinski definition) is 2. The van der Waals surface area contributed by atoms with Crippen LogP contribution in [0, 0.1) is 0 Å². The van der Waals surface area contributed by atoms with E-state index in [4.69, 9.17) is 4.84 Å². The third kappa shape index (κ3) is 0.593. The van der Waals surface area contributed by atoms with Crippen LogP contribution in [0.25, 0.3) is 0 Å². The number of oxime groups is 1. The second-order valence-electron chi connectivity index (χ2n) is 2.29. The molecule has 0 spiro atoms. The second kappa shape index (κ2) is 1.47. The molecule has 0 aromatic heterocycles. The maximum absolute atomic E-state index is 4.87. The van der Waals surface area contributed by atoms with E-state index in [0.29, 0.717) is 0 Å². The lowest BCUT2D eigenvalue weighted by atomic mass is 10.0. The van der Waals surface area contributed by atoms with E-state index in [-0.39, 0.29) is 6.10 Å². The van der Waals surface area contributed by atoms with Crippen LogP contribution >= 0.6 is 0 Å². The van der Waals surface area contributed by atoms with Gasteiger partial charge in [-0.25, -0.2) is 0 Å². The summed E-state index contributed by atoms with van der Waals surface area (Å²) in [6, 6.07) is 0. The molecular formula is C7H7NO. The van der Waals surface area contributed by atoms with Gasteiger partial charge in [0.1, 0.15) is 5.71 Å². The summed E-state index contributed by atoms with van der Waals surface area (Å²) < 4.78 is 0. The largest absolute Gasteiger partial charge is 0.381 e. The molecule has 0 radical (unpaired) electrons. The van der Waals surface area contributed by atoms with Crippen LogP contribution in [0.5, 0.6) is 0 Å². The first kappa shape index (κ1) is 4.79. The van der Waals surface area contributed by atoms with Gasteiger partial charge in [0.05, 0.1) is 0 Å². The number of nitrogens with zero attached hydrogens (tertiary/aromatic N) is 1. The Morgan fingerprint density at radius 1 is 1.56 bits per heavy atom. The summed E-state index contributed by atoms with van der Waals surface area (Å²) >= 11 is 0. The number of fused-ring (bicyclic) bond motifs is 1. The zero-order valence-electron chi connectivity index (χ0n) is 5.16. The fraction of sp³-hybridized carbons (Fsp3) is 0.286. The van der Waals surface area contributed by atoms with Gasteiger partial charge in [-0.2, -0.15) is 0 Å². The van der Waals surface area contributed by atoms with E-state index in [0.717, 1.165) is 5.71 Å². The van der Waals surface area contributed by atoms with Crippen molar-refractivity contribution in [2.24, 2.45) is 5.16 Å². The highest BCUT2D eigenvalue weighted by molar-refractivity contribution is 6.03. The minimum absolute atomic E-state index is 0.162.